The molecule has 0 bridgehead atoms. The maximum Gasteiger partial charge on any atom is 0.224 e. The number of carbonyl (C=O) groups excluding carboxylic acids is 1. The van der Waals surface area contributed by atoms with Gasteiger partial charge in [0.15, 0.2) is 0 Å². The molecule has 2 aromatic heterocycles. The summed E-state index contributed by atoms with van der Waals surface area (Å²) < 4.78 is 15.8. The summed E-state index contributed by atoms with van der Waals surface area (Å²) in [5.74, 6) is 1.50. The van der Waals surface area contributed by atoms with Crippen molar-refractivity contribution in [3.8, 4) is 0 Å². The lowest BCUT2D eigenvalue weighted by Crippen LogP contribution is -2.44. The number of aryl methyl sites for hydroxylation is 1. The molecule has 3 atom stereocenters. The van der Waals surface area contributed by atoms with E-state index in [0.717, 1.165) is 13.1 Å². The molecular formula is C17H21FN4O. The second-order valence-electron chi connectivity index (χ2n) is 7.22. The second kappa shape index (κ2) is 4.77. The van der Waals surface area contributed by atoms with Crippen molar-refractivity contribution in [1.29, 1.82) is 0 Å². The number of hydrogen-bond donors (Lipinski definition) is 2. The zero-order valence-corrected chi connectivity index (χ0v) is 13.6. The van der Waals surface area contributed by atoms with Crippen LogP contribution in [0.4, 0.5) is 4.39 Å². The van der Waals surface area contributed by atoms with Gasteiger partial charge in [0.2, 0.25) is 5.91 Å². The van der Waals surface area contributed by atoms with Gasteiger partial charge in [-0.25, -0.2) is 9.37 Å². The molecule has 0 aromatic carbocycles. The van der Waals surface area contributed by atoms with Crippen LogP contribution in [0.2, 0.25) is 0 Å². The Hall–Kier alpha value is -1.95. The van der Waals surface area contributed by atoms with E-state index < -0.39 is 5.54 Å². The van der Waals surface area contributed by atoms with Crippen LogP contribution in [0, 0.1) is 30.5 Å². The third-order valence-corrected chi connectivity index (χ3v) is 5.18. The van der Waals surface area contributed by atoms with Gasteiger partial charge < -0.3 is 10.6 Å². The van der Waals surface area contributed by atoms with Crippen LogP contribution in [-0.2, 0) is 10.3 Å². The Morgan fingerprint density at radius 2 is 2.13 bits per heavy atom. The van der Waals surface area contributed by atoms with Gasteiger partial charge in [0.05, 0.1) is 11.2 Å². The van der Waals surface area contributed by atoms with Crippen LogP contribution in [0.1, 0.15) is 25.4 Å². The average Bonchev–Trinajstić information content (AvgIpc) is 2.81. The van der Waals surface area contributed by atoms with E-state index >= 15 is 0 Å². The Morgan fingerprint density at radius 3 is 2.83 bits per heavy atom. The number of carbonyl (C=O) groups is 1. The van der Waals surface area contributed by atoms with Gasteiger partial charge >= 0.3 is 0 Å². The molecule has 2 fully saturated rings. The summed E-state index contributed by atoms with van der Waals surface area (Å²) in [5, 5.41) is 6.41. The lowest BCUT2D eigenvalue weighted by atomic mass is 10.0. The highest BCUT2D eigenvalue weighted by atomic mass is 19.1. The fraction of sp³-hybridized carbons (Fsp3) is 0.529. The zero-order valence-electron chi connectivity index (χ0n) is 13.6. The van der Waals surface area contributed by atoms with Crippen LogP contribution < -0.4 is 10.6 Å². The first-order chi connectivity index (χ1) is 10.9. The third-order valence-electron chi connectivity index (χ3n) is 5.18. The number of hydrogen-bond acceptors (Lipinski definition) is 3. The lowest BCUT2D eigenvalue weighted by Gasteiger charge is -2.25. The quantitative estimate of drug-likeness (QED) is 0.904. The largest absolute Gasteiger partial charge is 0.344 e. The molecule has 1 aliphatic heterocycles. The molecule has 0 spiro atoms. The SMILES string of the molecule is Cc1nc(C(C)(C)NC(=O)C2[C@H]3CNC[C@@H]23)n2cccc(F)c12. The van der Waals surface area contributed by atoms with Crippen molar-refractivity contribution in [2.24, 2.45) is 17.8 Å². The number of amides is 1. The molecule has 1 amide bonds. The van der Waals surface area contributed by atoms with Crippen LogP contribution >= 0.6 is 0 Å². The summed E-state index contributed by atoms with van der Waals surface area (Å²) in [7, 11) is 0. The normalized spacial score (nSPS) is 26.3. The Labute approximate surface area is 134 Å². The molecule has 1 saturated carbocycles. The van der Waals surface area contributed by atoms with Gasteiger partial charge in [-0.2, -0.15) is 0 Å². The summed E-state index contributed by atoms with van der Waals surface area (Å²) >= 11 is 0. The molecule has 2 aromatic rings. The molecule has 3 heterocycles. The fourth-order valence-electron chi connectivity index (χ4n) is 3.97. The Balaban J connectivity index is 1.64. The second-order valence-corrected chi connectivity index (χ2v) is 7.22. The van der Waals surface area contributed by atoms with Crippen molar-refractivity contribution in [1.82, 2.24) is 20.0 Å². The Bertz CT molecular complexity index is 787. The number of halogens is 1. The standard InChI is InChI=1S/C17H21FN4O/c1-9-14-12(18)5-4-6-22(14)16(20-9)17(2,3)21-15(23)13-10-7-19-8-11(10)13/h4-6,10-11,13,19H,7-8H2,1-3H3,(H,21,23)/t10-,11+,13?. The first-order valence-electron chi connectivity index (χ1n) is 8.06. The highest BCUT2D eigenvalue weighted by molar-refractivity contribution is 5.83. The monoisotopic (exact) mass is 316 g/mol. The molecule has 1 aliphatic carbocycles. The van der Waals surface area contributed by atoms with Gasteiger partial charge in [-0.05, 0) is 57.8 Å². The number of imidazole rings is 1. The Kier molecular flexibility index (Phi) is 3.04. The van der Waals surface area contributed by atoms with Gasteiger partial charge in [-0.15, -0.1) is 0 Å². The highest BCUT2D eigenvalue weighted by Crippen LogP contribution is 2.49. The van der Waals surface area contributed by atoms with E-state index in [1.165, 1.54) is 6.07 Å². The van der Waals surface area contributed by atoms with E-state index in [1.54, 1.807) is 23.6 Å². The minimum Gasteiger partial charge on any atom is -0.344 e. The van der Waals surface area contributed by atoms with E-state index in [4.69, 9.17) is 0 Å². The smallest absolute Gasteiger partial charge is 0.224 e. The summed E-state index contributed by atoms with van der Waals surface area (Å²) in [4.78, 5) is 17.1. The molecule has 6 heteroatoms. The molecule has 1 saturated heterocycles. The first kappa shape index (κ1) is 14.6. The van der Waals surface area contributed by atoms with Crippen molar-refractivity contribution in [3.05, 3.63) is 35.7 Å². The highest BCUT2D eigenvalue weighted by Gasteiger charge is 2.57. The summed E-state index contributed by atoms with van der Waals surface area (Å²) in [5.41, 5.74) is 0.442. The minimum absolute atomic E-state index is 0.0808. The van der Waals surface area contributed by atoms with E-state index in [1.807, 2.05) is 13.8 Å². The van der Waals surface area contributed by atoms with Crippen LogP contribution in [-0.4, -0.2) is 28.4 Å². The number of nitrogens with one attached hydrogen (secondary N) is 2. The predicted molar refractivity (Wildman–Crippen MR) is 84.4 cm³/mol. The van der Waals surface area contributed by atoms with Gasteiger partial charge in [0, 0.05) is 12.1 Å². The molecule has 122 valence electrons. The maximum atomic E-state index is 14.1. The van der Waals surface area contributed by atoms with Crippen LogP contribution in [0.3, 0.4) is 0 Å². The van der Waals surface area contributed by atoms with E-state index in [-0.39, 0.29) is 17.6 Å². The third kappa shape index (κ3) is 2.16. The van der Waals surface area contributed by atoms with Crippen molar-refractivity contribution < 1.29 is 9.18 Å². The number of fused-ring (bicyclic) bond motifs is 2. The average molecular weight is 316 g/mol. The van der Waals surface area contributed by atoms with Crippen LogP contribution in [0.5, 0.6) is 0 Å². The molecule has 5 nitrogen and oxygen atoms in total. The summed E-state index contributed by atoms with van der Waals surface area (Å²) in [6.07, 6.45) is 1.79. The lowest BCUT2D eigenvalue weighted by molar-refractivity contribution is -0.124. The fourth-order valence-corrected chi connectivity index (χ4v) is 3.97. The number of rotatable bonds is 3. The van der Waals surface area contributed by atoms with Gasteiger partial charge in [-0.1, -0.05) is 0 Å². The van der Waals surface area contributed by atoms with Crippen LogP contribution in [0.25, 0.3) is 5.52 Å². The summed E-state index contributed by atoms with van der Waals surface area (Å²) in [6.45, 7) is 7.48. The summed E-state index contributed by atoms with van der Waals surface area (Å²) in [6, 6.07) is 3.08. The predicted octanol–water partition coefficient (Wildman–Crippen LogP) is 1.60. The molecule has 2 aliphatic rings. The molecular weight excluding hydrogens is 295 g/mol. The van der Waals surface area contributed by atoms with E-state index in [0.29, 0.717) is 28.9 Å². The number of aromatic nitrogens is 2. The molecule has 4 rings (SSSR count). The number of pyridine rings is 1. The van der Waals surface area contributed by atoms with Crippen molar-refractivity contribution in [2.45, 2.75) is 26.3 Å². The topological polar surface area (TPSA) is 58.4 Å². The molecule has 2 N–H and O–H groups in total. The maximum absolute atomic E-state index is 14.1. The number of piperidine rings is 1. The number of nitrogens with zero attached hydrogens (tertiary/aromatic N) is 2. The van der Waals surface area contributed by atoms with E-state index in [2.05, 4.69) is 15.6 Å². The molecule has 1 unspecified atom stereocenters. The van der Waals surface area contributed by atoms with E-state index in [9.17, 15) is 9.18 Å². The van der Waals surface area contributed by atoms with Gasteiger partial charge in [-0.3, -0.25) is 9.20 Å². The minimum atomic E-state index is -0.660. The Morgan fingerprint density at radius 1 is 1.43 bits per heavy atom. The van der Waals surface area contributed by atoms with Gasteiger partial charge in [0.25, 0.3) is 0 Å². The van der Waals surface area contributed by atoms with Crippen molar-refractivity contribution in [3.63, 3.8) is 0 Å². The van der Waals surface area contributed by atoms with Gasteiger partial charge in [0.1, 0.15) is 17.2 Å². The van der Waals surface area contributed by atoms with Crippen molar-refractivity contribution in [2.75, 3.05) is 13.1 Å². The zero-order chi connectivity index (χ0) is 16.4. The van der Waals surface area contributed by atoms with Crippen LogP contribution in [0.15, 0.2) is 18.3 Å². The van der Waals surface area contributed by atoms with Crippen molar-refractivity contribution >= 4 is 11.4 Å². The molecule has 23 heavy (non-hydrogen) atoms. The first-order valence-corrected chi connectivity index (χ1v) is 8.06. The molecule has 0 radical (unpaired) electrons.